The number of benzene rings is 4. The van der Waals surface area contributed by atoms with E-state index in [1.54, 1.807) is 37.5 Å². The Balaban J connectivity index is 1.57. The van der Waals surface area contributed by atoms with Crippen molar-refractivity contribution >= 4 is 22.4 Å². The van der Waals surface area contributed by atoms with E-state index in [2.05, 4.69) is 36.4 Å². The fourth-order valence-electron chi connectivity index (χ4n) is 3.54. The fraction of sp³-hybridized carbons (Fsp3) is 0.0714. The summed E-state index contributed by atoms with van der Waals surface area (Å²) in [6.07, 6.45) is 1.79. The maximum absolute atomic E-state index is 9.61. The lowest BCUT2D eigenvalue weighted by atomic mass is 10.0. The molecule has 4 heteroatoms. The fourth-order valence-corrected chi connectivity index (χ4v) is 3.54. The molecule has 0 radical (unpaired) electrons. The van der Waals surface area contributed by atoms with Crippen LogP contribution in [0.4, 0.5) is 0 Å². The van der Waals surface area contributed by atoms with Gasteiger partial charge in [0.05, 0.1) is 30.4 Å². The van der Waals surface area contributed by atoms with E-state index >= 15 is 0 Å². The third-order valence-electron chi connectivity index (χ3n) is 5.21. The minimum absolute atomic E-state index is 0.418. The van der Waals surface area contributed by atoms with Gasteiger partial charge in [0.15, 0.2) is 11.5 Å². The van der Waals surface area contributed by atoms with Gasteiger partial charge in [0.2, 0.25) is 0 Å². The van der Waals surface area contributed by atoms with E-state index in [1.807, 2.05) is 36.4 Å². The molecule has 0 amide bonds. The van der Waals surface area contributed by atoms with Gasteiger partial charge in [-0.1, -0.05) is 60.7 Å². The van der Waals surface area contributed by atoms with Crippen molar-refractivity contribution in [1.82, 2.24) is 0 Å². The SMILES string of the molecule is COc1cc(/C=C(/C#N)c2ccc(C#N)cc2)ccc1OCc1cccc2ccccc12. The summed E-state index contributed by atoms with van der Waals surface area (Å²) in [5.41, 5.74) is 3.73. The van der Waals surface area contributed by atoms with Crippen molar-refractivity contribution in [3.63, 3.8) is 0 Å². The van der Waals surface area contributed by atoms with E-state index in [1.165, 1.54) is 5.39 Å². The Morgan fingerprint density at radius 1 is 0.875 bits per heavy atom. The second-order valence-corrected chi connectivity index (χ2v) is 7.20. The molecule has 0 aliphatic heterocycles. The molecule has 0 N–H and O–H groups in total. The molecule has 154 valence electrons. The molecule has 4 nitrogen and oxygen atoms in total. The summed E-state index contributed by atoms with van der Waals surface area (Å²) in [5, 5.41) is 20.9. The first-order chi connectivity index (χ1) is 15.7. The zero-order valence-electron chi connectivity index (χ0n) is 17.6. The monoisotopic (exact) mass is 416 g/mol. The van der Waals surface area contributed by atoms with E-state index in [9.17, 15) is 5.26 Å². The maximum Gasteiger partial charge on any atom is 0.161 e. The zero-order valence-corrected chi connectivity index (χ0v) is 17.6. The zero-order chi connectivity index (χ0) is 22.3. The van der Waals surface area contributed by atoms with E-state index in [-0.39, 0.29) is 0 Å². The van der Waals surface area contributed by atoms with E-state index in [4.69, 9.17) is 14.7 Å². The smallest absolute Gasteiger partial charge is 0.161 e. The quantitative estimate of drug-likeness (QED) is 0.271. The van der Waals surface area contributed by atoms with Crippen LogP contribution in [-0.4, -0.2) is 7.11 Å². The Morgan fingerprint density at radius 3 is 2.41 bits per heavy atom. The molecular formula is C28H20N2O2. The van der Waals surface area contributed by atoms with Crippen molar-refractivity contribution < 1.29 is 9.47 Å². The first-order valence-electron chi connectivity index (χ1n) is 10.1. The number of nitrogens with zero attached hydrogens (tertiary/aromatic N) is 2. The Kier molecular flexibility index (Phi) is 6.16. The Bertz CT molecular complexity index is 1370. The molecule has 0 bridgehead atoms. The highest BCUT2D eigenvalue weighted by molar-refractivity contribution is 5.90. The van der Waals surface area contributed by atoms with Crippen LogP contribution < -0.4 is 9.47 Å². The number of hydrogen-bond acceptors (Lipinski definition) is 4. The van der Waals surface area contributed by atoms with Crippen LogP contribution in [0.25, 0.3) is 22.4 Å². The van der Waals surface area contributed by atoms with Crippen molar-refractivity contribution in [3.8, 4) is 23.6 Å². The minimum Gasteiger partial charge on any atom is -0.493 e. The number of fused-ring (bicyclic) bond motifs is 1. The standard InChI is InChI=1S/C28H20N2O2/c1-31-28-16-21(15-25(18-30)22-12-9-20(17-29)10-13-22)11-14-27(28)32-19-24-7-4-6-23-5-2-3-8-26(23)24/h2-16H,19H2,1H3/b25-15-. The molecule has 0 saturated carbocycles. The molecule has 0 fully saturated rings. The van der Waals surface area contributed by atoms with Gasteiger partial charge in [0.25, 0.3) is 0 Å². The molecule has 0 atom stereocenters. The highest BCUT2D eigenvalue weighted by Gasteiger charge is 2.09. The molecule has 0 aliphatic carbocycles. The molecule has 32 heavy (non-hydrogen) atoms. The van der Waals surface area contributed by atoms with E-state index in [0.29, 0.717) is 29.2 Å². The van der Waals surface area contributed by atoms with Crippen LogP contribution in [0.15, 0.2) is 84.9 Å². The minimum atomic E-state index is 0.418. The van der Waals surface area contributed by atoms with Gasteiger partial charge < -0.3 is 9.47 Å². The first-order valence-corrected chi connectivity index (χ1v) is 10.1. The summed E-state index contributed by atoms with van der Waals surface area (Å²) < 4.78 is 11.6. The molecule has 0 saturated heterocycles. The largest absolute Gasteiger partial charge is 0.493 e. The highest BCUT2D eigenvalue weighted by atomic mass is 16.5. The van der Waals surface area contributed by atoms with Crippen LogP contribution >= 0.6 is 0 Å². The summed E-state index contributed by atoms with van der Waals surface area (Å²) in [6.45, 7) is 0.418. The van der Waals surface area contributed by atoms with Crippen LogP contribution in [0.1, 0.15) is 22.3 Å². The number of ether oxygens (including phenoxy) is 2. The average Bonchev–Trinajstić information content (AvgIpc) is 2.86. The third kappa shape index (κ3) is 4.46. The summed E-state index contributed by atoms with van der Waals surface area (Å²) in [5.74, 6) is 1.23. The lowest BCUT2D eigenvalue weighted by Crippen LogP contribution is -1.98. The van der Waals surface area contributed by atoms with Crippen molar-refractivity contribution in [2.24, 2.45) is 0 Å². The second kappa shape index (κ2) is 9.51. The van der Waals surface area contributed by atoms with Crippen molar-refractivity contribution in [2.75, 3.05) is 7.11 Å². The number of hydrogen-bond donors (Lipinski definition) is 0. The predicted octanol–water partition coefficient (Wildman–Crippen LogP) is 6.36. The van der Waals surface area contributed by atoms with Crippen molar-refractivity contribution in [3.05, 3.63) is 107 Å². The van der Waals surface area contributed by atoms with Gasteiger partial charge in [-0.2, -0.15) is 10.5 Å². The van der Waals surface area contributed by atoms with Gasteiger partial charge in [0.1, 0.15) is 6.61 Å². The lowest BCUT2D eigenvalue weighted by molar-refractivity contribution is 0.285. The molecule has 0 aliphatic rings. The van der Waals surface area contributed by atoms with Crippen LogP contribution in [0.3, 0.4) is 0 Å². The van der Waals surface area contributed by atoms with Gasteiger partial charge in [-0.25, -0.2) is 0 Å². The number of allylic oxidation sites excluding steroid dienone is 1. The molecule has 0 spiro atoms. The van der Waals surface area contributed by atoms with Crippen LogP contribution in [0.5, 0.6) is 11.5 Å². The van der Waals surface area contributed by atoms with Crippen LogP contribution in [0.2, 0.25) is 0 Å². The number of nitriles is 2. The first kappa shape index (κ1) is 20.7. The molecule has 4 rings (SSSR count). The number of rotatable bonds is 6. The van der Waals surface area contributed by atoms with Gasteiger partial charge in [-0.05, 0) is 57.8 Å². The molecule has 0 heterocycles. The summed E-state index contributed by atoms with van der Waals surface area (Å²) >= 11 is 0. The van der Waals surface area contributed by atoms with Gasteiger partial charge >= 0.3 is 0 Å². The van der Waals surface area contributed by atoms with Crippen molar-refractivity contribution in [1.29, 1.82) is 10.5 Å². The summed E-state index contributed by atoms with van der Waals surface area (Å²) in [7, 11) is 1.60. The Hall–Kier alpha value is -4.54. The molecule has 0 unspecified atom stereocenters. The summed E-state index contributed by atoms with van der Waals surface area (Å²) in [4.78, 5) is 0. The lowest BCUT2D eigenvalue weighted by Gasteiger charge is -2.13. The van der Waals surface area contributed by atoms with Gasteiger partial charge in [0, 0.05) is 0 Å². The second-order valence-electron chi connectivity index (χ2n) is 7.20. The molecule has 0 aromatic heterocycles. The molecule has 4 aromatic carbocycles. The Morgan fingerprint density at radius 2 is 1.66 bits per heavy atom. The predicted molar refractivity (Wildman–Crippen MR) is 126 cm³/mol. The van der Waals surface area contributed by atoms with Gasteiger partial charge in [-0.3, -0.25) is 0 Å². The van der Waals surface area contributed by atoms with E-state index in [0.717, 1.165) is 22.1 Å². The molecule has 4 aromatic rings. The maximum atomic E-state index is 9.61. The van der Waals surface area contributed by atoms with E-state index < -0.39 is 0 Å². The summed E-state index contributed by atoms with van der Waals surface area (Å²) in [6, 6.07) is 31.2. The van der Waals surface area contributed by atoms with Gasteiger partial charge in [-0.15, -0.1) is 0 Å². The third-order valence-corrected chi connectivity index (χ3v) is 5.21. The van der Waals surface area contributed by atoms with Crippen molar-refractivity contribution in [2.45, 2.75) is 6.61 Å². The molecular weight excluding hydrogens is 396 g/mol. The van der Waals surface area contributed by atoms with Crippen LogP contribution in [-0.2, 0) is 6.61 Å². The normalized spacial score (nSPS) is 10.9. The highest BCUT2D eigenvalue weighted by Crippen LogP contribution is 2.31. The number of methoxy groups -OCH3 is 1. The topological polar surface area (TPSA) is 66.0 Å². The average molecular weight is 416 g/mol. The Labute approximate surface area is 187 Å². The van der Waals surface area contributed by atoms with Crippen LogP contribution in [0, 0.1) is 22.7 Å².